The van der Waals surface area contributed by atoms with E-state index in [-0.39, 0.29) is 18.3 Å². The summed E-state index contributed by atoms with van der Waals surface area (Å²) in [7, 11) is 0. The molecule has 154 valence electrons. The Bertz CT molecular complexity index is 981. The molecular weight excluding hydrogens is 386 g/mol. The van der Waals surface area contributed by atoms with Gasteiger partial charge in [0.1, 0.15) is 11.5 Å². The van der Waals surface area contributed by atoms with E-state index in [1.54, 1.807) is 60.7 Å². The van der Waals surface area contributed by atoms with Crippen molar-refractivity contribution in [2.75, 3.05) is 18.5 Å². The Morgan fingerprint density at radius 1 is 1.00 bits per heavy atom. The molecule has 2 N–H and O–H groups in total. The maximum absolute atomic E-state index is 12.0. The highest BCUT2D eigenvalue weighted by atomic mass is 16.5. The minimum atomic E-state index is -0.435. The number of carbonyl (C=O) groups is 2. The fourth-order valence-corrected chi connectivity index (χ4v) is 2.43. The van der Waals surface area contributed by atoms with Gasteiger partial charge in [0.05, 0.1) is 19.1 Å². The van der Waals surface area contributed by atoms with Crippen molar-refractivity contribution in [3.05, 3.63) is 78.3 Å². The molecule has 0 aliphatic heterocycles. The largest absolute Gasteiger partial charge is 0.494 e. The number of furan rings is 1. The molecule has 0 aliphatic carbocycles. The van der Waals surface area contributed by atoms with Crippen LogP contribution in [0, 0.1) is 0 Å². The highest BCUT2D eigenvalue weighted by Crippen LogP contribution is 2.16. The second kappa shape index (κ2) is 10.5. The molecule has 0 atom stereocenters. The van der Waals surface area contributed by atoms with Crippen LogP contribution < -0.4 is 20.2 Å². The van der Waals surface area contributed by atoms with Crippen LogP contribution in [-0.2, 0) is 4.79 Å². The molecule has 0 unspecified atom stereocenters. The number of amides is 2. The van der Waals surface area contributed by atoms with Crippen molar-refractivity contribution >= 4 is 23.7 Å². The predicted octanol–water partition coefficient (Wildman–Crippen LogP) is 3.46. The van der Waals surface area contributed by atoms with E-state index in [2.05, 4.69) is 15.8 Å². The number of ether oxygens (including phenoxy) is 2. The van der Waals surface area contributed by atoms with E-state index in [4.69, 9.17) is 13.9 Å². The van der Waals surface area contributed by atoms with Gasteiger partial charge in [0, 0.05) is 5.69 Å². The highest BCUT2D eigenvalue weighted by molar-refractivity contribution is 5.92. The molecular formula is C22H21N3O5. The Hall–Kier alpha value is -4.07. The zero-order chi connectivity index (χ0) is 21.2. The summed E-state index contributed by atoms with van der Waals surface area (Å²) in [5.41, 5.74) is 3.78. The lowest BCUT2D eigenvalue weighted by Crippen LogP contribution is -2.20. The van der Waals surface area contributed by atoms with E-state index in [9.17, 15) is 9.59 Å². The first-order chi connectivity index (χ1) is 14.6. The van der Waals surface area contributed by atoms with E-state index in [0.29, 0.717) is 18.0 Å². The van der Waals surface area contributed by atoms with Crippen LogP contribution in [0.2, 0.25) is 0 Å². The van der Waals surface area contributed by atoms with Crippen LogP contribution in [-0.4, -0.2) is 31.2 Å². The van der Waals surface area contributed by atoms with Crippen LogP contribution in [0.4, 0.5) is 5.69 Å². The number of rotatable bonds is 9. The Labute approximate surface area is 173 Å². The van der Waals surface area contributed by atoms with Crippen LogP contribution in [0.15, 0.2) is 76.4 Å². The number of hydrogen-bond donors (Lipinski definition) is 2. The maximum atomic E-state index is 12.0. The highest BCUT2D eigenvalue weighted by Gasteiger charge is 2.06. The summed E-state index contributed by atoms with van der Waals surface area (Å²) in [6.45, 7) is 2.37. The van der Waals surface area contributed by atoms with E-state index in [1.807, 2.05) is 6.92 Å². The van der Waals surface area contributed by atoms with E-state index >= 15 is 0 Å². The van der Waals surface area contributed by atoms with Crippen molar-refractivity contribution in [3.63, 3.8) is 0 Å². The molecule has 0 fully saturated rings. The van der Waals surface area contributed by atoms with Gasteiger partial charge in [-0.25, -0.2) is 5.43 Å². The molecule has 1 aromatic heterocycles. The molecule has 0 radical (unpaired) electrons. The molecule has 0 aliphatic rings. The van der Waals surface area contributed by atoms with Crippen molar-refractivity contribution < 1.29 is 23.5 Å². The smallest absolute Gasteiger partial charge is 0.307 e. The SMILES string of the molecule is CCOc1ccc(NC(=O)COc2ccc(/C=N/NC(=O)c3ccco3)cc2)cc1. The van der Waals surface area contributed by atoms with Crippen molar-refractivity contribution in [1.82, 2.24) is 5.43 Å². The van der Waals surface area contributed by atoms with E-state index < -0.39 is 5.91 Å². The molecule has 3 aromatic rings. The summed E-state index contributed by atoms with van der Waals surface area (Å²) in [4.78, 5) is 23.7. The van der Waals surface area contributed by atoms with Crippen LogP contribution in [0.1, 0.15) is 23.0 Å². The van der Waals surface area contributed by atoms with Gasteiger partial charge in [-0.3, -0.25) is 9.59 Å². The summed E-state index contributed by atoms with van der Waals surface area (Å²) in [6, 6.07) is 17.2. The Morgan fingerprint density at radius 2 is 1.70 bits per heavy atom. The molecule has 0 saturated carbocycles. The predicted molar refractivity (Wildman–Crippen MR) is 112 cm³/mol. The molecule has 3 rings (SSSR count). The van der Waals surface area contributed by atoms with Crippen molar-refractivity contribution in [1.29, 1.82) is 0 Å². The topological polar surface area (TPSA) is 102 Å². The number of anilines is 1. The van der Waals surface area contributed by atoms with Gasteiger partial charge < -0.3 is 19.2 Å². The molecule has 8 heteroatoms. The number of carbonyl (C=O) groups excluding carboxylic acids is 2. The third-order valence-electron chi connectivity index (χ3n) is 3.82. The van der Waals surface area contributed by atoms with E-state index in [0.717, 1.165) is 11.3 Å². The molecule has 2 amide bonds. The molecule has 2 aromatic carbocycles. The number of benzene rings is 2. The van der Waals surface area contributed by atoms with Crippen molar-refractivity contribution in [3.8, 4) is 11.5 Å². The third kappa shape index (κ3) is 6.23. The number of nitrogens with one attached hydrogen (secondary N) is 2. The summed E-state index contributed by atoms with van der Waals surface area (Å²) >= 11 is 0. The summed E-state index contributed by atoms with van der Waals surface area (Å²) in [6.07, 6.45) is 2.90. The first-order valence-corrected chi connectivity index (χ1v) is 9.26. The molecule has 0 spiro atoms. The minimum Gasteiger partial charge on any atom is -0.494 e. The van der Waals surface area contributed by atoms with Gasteiger partial charge in [0.25, 0.3) is 5.91 Å². The lowest BCUT2D eigenvalue weighted by Gasteiger charge is -2.08. The summed E-state index contributed by atoms with van der Waals surface area (Å²) in [5, 5.41) is 6.62. The zero-order valence-electron chi connectivity index (χ0n) is 16.3. The number of hydrogen-bond acceptors (Lipinski definition) is 6. The lowest BCUT2D eigenvalue weighted by atomic mass is 10.2. The van der Waals surface area contributed by atoms with Gasteiger partial charge in [0.15, 0.2) is 12.4 Å². The van der Waals surface area contributed by atoms with Gasteiger partial charge >= 0.3 is 5.91 Å². The summed E-state index contributed by atoms with van der Waals surface area (Å²) in [5.74, 6) is 0.754. The normalized spacial score (nSPS) is 10.6. The van der Waals surface area contributed by atoms with Crippen LogP contribution >= 0.6 is 0 Å². The van der Waals surface area contributed by atoms with Crippen LogP contribution in [0.3, 0.4) is 0 Å². The average Bonchev–Trinajstić information content (AvgIpc) is 3.30. The number of hydrazone groups is 1. The molecule has 30 heavy (non-hydrogen) atoms. The van der Waals surface area contributed by atoms with Gasteiger partial charge in [0.2, 0.25) is 0 Å². The zero-order valence-corrected chi connectivity index (χ0v) is 16.3. The standard InChI is InChI=1S/C22H21N3O5/c1-2-28-18-11-7-17(8-12-18)24-21(26)15-30-19-9-5-16(6-10-19)14-23-25-22(27)20-4-3-13-29-20/h3-14H,2,15H2,1H3,(H,24,26)(H,25,27)/b23-14+. The molecule has 8 nitrogen and oxygen atoms in total. The first-order valence-electron chi connectivity index (χ1n) is 9.26. The molecule has 0 bridgehead atoms. The maximum Gasteiger partial charge on any atom is 0.307 e. The fourth-order valence-electron chi connectivity index (χ4n) is 2.43. The fraction of sp³-hybridized carbons (Fsp3) is 0.136. The van der Waals surface area contributed by atoms with Gasteiger partial charge in [-0.1, -0.05) is 0 Å². The minimum absolute atomic E-state index is 0.125. The first kappa shape index (κ1) is 20.7. The second-order valence-corrected chi connectivity index (χ2v) is 6.04. The summed E-state index contributed by atoms with van der Waals surface area (Å²) < 4.78 is 15.8. The molecule has 1 heterocycles. The quantitative estimate of drug-likeness (QED) is 0.418. The molecule has 0 saturated heterocycles. The van der Waals surface area contributed by atoms with E-state index in [1.165, 1.54) is 12.5 Å². The van der Waals surface area contributed by atoms with Crippen molar-refractivity contribution in [2.45, 2.75) is 6.92 Å². The Morgan fingerprint density at radius 3 is 2.37 bits per heavy atom. The Balaban J connectivity index is 1.43. The van der Waals surface area contributed by atoms with Crippen molar-refractivity contribution in [2.24, 2.45) is 5.10 Å². The average molecular weight is 407 g/mol. The Kier molecular flexibility index (Phi) is 7.21. The third-order valence-corrected chi connectivity index (χ3v) is 3.82. The van der Waals surface area contributed by atoms with Crippen LogP contribution in [0.5, 0.6) is 11.5 Å². The van der Waals surface area contributed by atoms with Gasteiger partial charge in [-0.2, -0.15) is 5.10 Å². The second-order valence-electron chi connectivity index (χ2n) is 6.04. The lowest BCUT2D eigenvalue weighted by molar-refractivity contribution is -0.118. The van der Waals surface area contributed by atoms with Gasteiger partial charge in [-0.05, 0) is 73.2 Å². The number of nitrogens with zero attached hydrogens (tertiary/aromatic N) is 1. The van der Waals surface area contributed by atoms with Crippen LogP contribution in [0.25, 0.3) is 0 Å². The van der Waals surface area contributed by atoms with Gasteiger partial charge in [-0.15, -0.1) is 0 Å². The monoisotopic (exact) mass is 407 g/mol.